The maximum absolute atomic E-state index is 13.5. The first-order valence-electron chi connectivity index (χ1n) is 9.17. The first-order valence-corrected chi connectivity index (χ1v) is 9.17. The first kappa shape index (κ1) is 20.4. The molecule has 3 heteroatoms. The highest BCUT2D eigenvalue weighted by Gasteiger charge is 1.93. The number of unbranched alkanes of at least 4 members (excludes halogenated alkanes) is 8. The molecule has 1 rings (SSSR count). The van der Waals surface area contributed by atoms with Crippen LogP contribution in [0.25, 0.3) is 0 Å². The Labute approximate surface area is 146 Å². The number of rotatable bonds is 12. The maximum Gasteiger partial charge on any atom is 0.169 e. The Morgan fingerprint density at radius 2 is 1.88 bits per heavy atom. The standard InChI is InChI=1S/C21H30FNO/c22-21(15-9-4-2-1-3-7-11-18-24)16-10-6-5-8-13-20-14-12-17-23-19-20/h12,14-15,17,19,24H,1-9,11,13,18H2/b21-15+. The van der Waals surface area contributed by atoms with Gasteiger partial charge in [0.2, 0.25) is 0 Å². The lowest BCUT2D eigenvalue weighted by Gasteiger charge is -1.98. The summed E-state index contributed by atoms with van der Waals surface area (Å²) in [7, 11) is 0. The van der Waals surface area contributed by atoms with Crippen LogP contribution in [0.2, 0.25) is 0 Å². The number of nitrogens with zero attached hydrogens (tertiary/aromatic N) is 1. The van der Waals surface area contributed by atoms with Gasteiger partial charge in [0.15, 0.2) is 5.83 Å². The van der Waals surface area contributed by atoms with Crippen LogP contribution in [0.5, 0.6) is 0 Å². The number of pyridine rings is 1. The molecule has 1 N–H and O–H groups in total. The minimum atomic E-state index is -0.289. The zero-order valence-electron chi connectivity index (χ0n) is 14.6. The Kier molecular flexibility index (Phi) is 12.7. The fourth-order valence-electron chi connectivity index (χ4n) is 2.48. The van der Waals surface area contributed by atoms with Gasteiger partial charge in [-0.25, -0.2) is 0 Å². The quantitative estimate of drug-likeness (QED) is 0.412. The predicted molar refractivity (Wildman–Crippen MR) is 98.2 cm³/mol. The van der Waals surface area contributed by atoms with E-state index in [2.05, 4.69) is 22.9 Å². The molecule has 0 unspecified atom stereocenters. The molecular weight excluding hydrogens is 301 g/mol. The number of halogens is 1. The second-order valence-electron chi connectivity index (χ2n) is 6.06. The molecule has 2 nitrogen and oxygen atoms in total. The number of aromatic nitrogens is 1. The summed E-state index contributed by atoms with van der Waals surface area (Å²) in [6.07, 6.45) is 16.3. The van der Waals surface area contributed by atoms with E-state index in [1.165, 1.54) is 5.56 Å². The summed E-state index contributed by atoms with van der Waals surface area (Å²) in [6, 6.07) is 4.03. The number of aliphatic hydroxyl groups is 1. The molecule has 1 aromatic rings. The SMILES string of the molecule is OCCCCCCCC/C=C(/F)C#CCCCCc1cccnc1. The number of allylic oxidation sites excluding steroid dienone is 2. The molecule has 0 aliphatic rings. The Morgan fingerprint density at radius 3 is 2.62 bits per heavy atom. The Bertz CT molecular complexity index is 502. The molecule has 1 heterocycles. The lowest BCUT2D eigenvalue weighted by molar-refractivity contribution is 0.282. The minimum Gasteiger partial charge on any atom is -0.396 e. The van der Waals surface area contributed by atoms with Crippen molar-refractivity contribution in [2.75, 3.05) is 6.61 Å². The summed E-state index contributed by atoms with van der Waals surface area (Å²) in [5.41, 5.74) is 1.24. The third kappa shape index (κ3) is 11.8. The monoisotopic (exact) mass is 331 g/mol. The fourth-order valence-corrected chi connectivity index (χ4v) is 2.48. The molecule has 0 saturated heterocycles. The van der Waals surface area contributed by atoms with E-state index in [9.17, 15) is 4.39 Å². The van der Waals surface area contributed by atoms with Crippen LogP contribution in [0.15, 0.2) is 36.4 Å². The normalized spacial score (nSPS) is 11.2. The van der Waals surface area contributed by atoms with Crippen molar-refractivity contribution in [2.45, 2.75) is 70.6 Å². The topological polar surface area (TPSA) is 33.1 Å². The van der Waals surface area contributed by atoms with E-state index >= 15 is 0 Å². The van der Waals surface area contributed by atoms with Crippen LogP contribution in [0, 0.1) is 11.8 Å². The van der Waals surface area contributed by atoms with Crippen LogP contribution >= 0.6 is 0 Å². The van der Waals surface area contributed by atoms with E-state index in [0.29, 0.717) is 0 Å². The first-order chi connectivity index (χ1) is 11.8. The van der Waals surface area contributed by atoms with Crippen LogP contribution < -0.4 is 0 Å². The summed E-state index contributed by atoms with van der Waals surface area (Å²) >= 11 is 0. The summed E-state index contributed by atoms with van der Waals surface area (Å²) in [6.45, 7) is 0.288. The van der Waals surface area contributed by atoms with Gasteiger partial charge in [0.05, 0.1) is 0 Å². The zero-order chi connectivity index (χ0) is 17.3. The lowest BCUT2D eigenvalue weighted by Crippen LogP contribution is -1.85. The van der Waals surface area contributed by atoms with Crippen LogP contribution in [-0.2, 0) is 6.42 Å². The molecule has 0 radical (unpaired) electrons. The highest BCUT2D eigenvalue weighted by Crippen LogP contribution is 2.09. The third-order valence-electron chi connectivity index (χ3n) is 3.88. The van der Waals surface area contributed by atoms with Crippen molar-refractivity contribution in [1.29, 1.82) is 0 Å². The molecule has 0 saturated carbocycles. The van der Waals surface area contributed by atoms with Crippen LogP contribution in [0.3, 0.4) is 0 Å². The summed E-state index contributed by atoms with van der Waals surface area (Å²) in [5, 5.41) is 8.67. The predicted octanol–water partition coefficient (Wildman–Crippen LogP) is 5.37. The average molecular weight is 331 g/mol. The lowest BCUT2D eigenvalue weighted by atomic mass is 10.1. The van der Waals surface area contributed by atoms with E-state index in [1.54, 1.807) is 12.3 Å². The second kappa shape index (κ2) is 14.9. The van der Waals surface area contributed by atoms with Gasteiger partial charge in [-0.1, -0.05) is 37.7 Å². The maximum atomic E-state index is 13.5. The molecule has 0 aromatic carbocycles. The van der Waals surface area contributed by atoms with E-state index in [1.807, 2.05) is 12.3 Å². The van der Waals surface area contributed by atoms with Crippen LogP contribution in [0.1, 0.15) is 69.8 Å². The second-order valence-corrected chi connectivity index (χ2v) is 6.06. The average Bonchev–Trinajstić information content (AvgIpc) is 2.61. The smallest absolute Gasteiger partial charge is 0.169 e. The van der Waals surface area contributed by atoms with E-state index in [-0.39, 0.29) is 12.4 Å². The highest BCUT2D eigenvalue weighted by atomic mass is 19.1. The number of aliphatic hydroxyl groups excluding tert-OH is 1. The van der Waals surface area contributed by atoms with Gasteiger partial charge in [0.25, 0.3) is 0 Å². The molecule has 0 spiro atoms. The van der Waals surface area contributed by atoms with Gasteiger partial charge in [-0.3, -0.25) is 4.98 Å². The summed E-state index contributed by atoms with van der Waals surface area (Å²) in [5.74, 6) is 5.23. The molecule has 0 bridgehead atoms. The highest BCUT2D eigenvalue weighted by molar-refractivity contribution is 5.22. The Balaban J connectivity index is 2.00. The number of hydrogen-bond donors (Lipinski definition) is 1. The van der Waals surface area contributed by atoms with E-state index < -0.39 is 0 Å². The third-order valence-corrected chi connectivity index (χ3v) is 3.88. The van der Waals surface area contributed by atoms with Gasteiger partial charge in [0, 0.05) is 25.4 Å². The molecule has 24 heavy (non-hydrogen) atoms. The van der Waals surface area contributed by atoms with Gasteiger partial charge in [0.1, 0.15) is 0 Å². The molecule has 0 aliphatic carbocycles. The van der Waals surface area contributed by atoms with Crippen molar-refractivity contribution in [3.05, 3.63) is 42.0 Å². The van der Waals surface area contributed by atoms with Gasteiger partial charge in [-0.15, -0.1) is 0 Å². The Hall–Kier alpha value is -1.66. The van der Waals surface area contributed by atoms with Crippen molar-refractivity contribution in [3.63, 3.8) is 0 Å². The Morgan fingerprint density at radius 1 is 1.08 bits per heavy atom. The van der Waals surface area contributed by atoms with Crippen molar-refractivity contribution in [1.82, 2.24) is 4.98 Å². The molecular formula is C21H30FNO. The van der Waals surface area contributed by atoms with Crippen molar-refractivity contribution >= 4 is 0 Å². The molecule has 132 valence electrons. The number of hydrogen-bond acceptors (Lipinski definition) is 2. The largest absolute Gasteiger partial charge is 0.396 e. The van der Waals surface area contributed by atoms with Crippen molar-refractivity contribution in [3.8, 4) is 11.8 Å². The van der Waals surface area contributed by atoms with Crippen molar-refractivity contribution in [2.24, 2.45) is 0 Å². The van der Waals surface area contributed by atoms with Crippen molar-refractivity contribution < 1.29 is 9.50 Å². The molecule has 0 aliphatic heterocycles. The summed E-state index contributed by atoms with van der Waals surface area (Å²) in [4.78, 5) is 4.09. The van der Waals surface area contributed by atoms with Gasteiger partial charge >= 0.3 is 0 Å². The molecule has 0 amide bonds. The summed E-state index contributed by atoms with van der Waals surface area (Å²) < 4.78 is 13.5. The minimum absolute atomic E-state index is 0.288. The van der Waals surface area contributed by atoms with Gasteiger partial charge < -0.3 is 5.11 Å². The molecule has 0 atom stereocenters. The van der Waals surface area contributed by atoms with Crippen LogP contribution in [0.4, 0.5) is 4.39 Å². The van der Waals surface area contributed by atoms with E-state index in [4.69, 9.17) is 5.11 Å². The van der Waals surface area contributed by atoms with Gasteiger partial charge in [-0.2, -0.15) is 4.39 Å². The van der Waals surface area contributed by atoms with Gasteiger partial charge in [-0.05, 0) is 62.2 Å². The molecule has 1 aromatic heterocycles. The zero-order valence-corrected chi connectivity index (χ0v) is 14.6. The van der Waals surface area contributed by atoms with Crippen LogP contribution in [-0.4, -0.2) is 16.7 Å². The number of aryl methyl sites for hydroxylation is 1. The molecule has 0 fully saturated rings. The fraction of sp³-hybridized carbons (Fsp3) is 0.571. The van der Waals surface area contributed by atoms with E-state index in [0.717, 1.165) is 70.6 Å².